The SMILES string of the molecule is CCCNc1ccc(C)cc1C(=O)N(C)CCC. The van der Waals surface area contributed by atoms with Crippen molar-refractivity contribution in [3.05, 3.63) is 29.3 Å². The van der Waals surface area contributed by atoms with Crippen LogP contribution in [0.3, 0.4) is 0 Å². The minimum Gasteiger partial charge on any atom is -0.384 e. The quantitative estimate of drug-likeness (QED) is 0.837. The van der Waals surface area contributed by atoms with Gasteiger partial charge in [0.2, 0.25) is 0 Å². The first kappa shape index (κ1) is 14.6. The molecule has 0 radical (unpaired) electrons. The largest absolute Gasteiger partial charge is 0.384 e. The lowest BCUT2D eigenvalue weighted by Gasteiger charge is -2.19. The van der Waals surface area contributed by atoms with Crippen LogP contribution in [0, 0.1) is 6.92 Å². The first-order valence-electron chi connectivity index (χ1n) is 6.70. The first-order chi connectivity index (χ1) is 8.60. The standard InChI is InChI=1S/C15H24N2O/c1-5-9-16-14-8-7-12(3)11-13(14)15(18)17(4)10-6-2/h7-8,11,16H,5-6,9-10H2,1-4H3. The summed E-state index contributed by atoms with van der Waals surface area (Å²) < 4.78 is 0. The molecule has 1 aromatic carbocycles. The second-order valence-electron chi connectivity index (χ2n) is 4.70. The van der Waals surface area contributed by atoms with Crippen molar-refractivity contribution in [2.75, 3.05) is 25.5 Å². The maximum Gasteiger partial charge on any atom is 0.255 e. The molecule has 0 spiro atoms. The van der Waals surface area contributed by atoms with Crippen molar-refractivity contribution < 1.29 is 4.79 Å². The van der Waals surface area contributed by atoms with Crippen LogP contribution < -0.4 is 5.32 Å². The highest BCUT2D eigenvalue weighted by atomic mass is 16.2. The van der Waals surface area contributed by atoms with E-state index in [9.17, 15) is 4.79 Å². The molecule has 0 heterocycles. The summed E-state index contributed by atoms with van der Waals surface area (Å²) in [4.78, 5) is 14.1. The number of hydrogen-bond acceptors (Lipinski definition) is 2. The van der Waals surface area contributed by atoms with Crippen LogP contribution in [0.15, 0.2) is 18.2 Å². The zero-order chi connectivity index (χ0) is 13.5. The number of amides is 1. The summed E-state index contributed by atoms with van der Waals surface area (Å²) >= 11 is 0. The molecule has 3 nitrogen and oxygen atoms in total. The van der Waals surface area contributed by atoms with Crippen molar-refractivity contribution in [1.82, 2.24) is 4.90 Å². The summed E-state index contributed by atoms with van der Waals surface area (Å²) in [6, 6.07) is 6.00. The molecule has 0 aliphatic heterocycles. The number of hydrogen-bond donors (Lipinski definition) is 1. The lowest BCUT2D eigenvalue weighted by Crippen LogP contribution is -2.28. The van der Waals surface area contributed by atoms with Crippen LogP contribution in [-0.2, 0) is 0 Å². The zero-order valence-electron chi connectivity index (χ0n) is 11.9. The Morgan fingerprint density at radius 1 is 1.28 bits per heavy atom. The van der Waals surface area contributed by atoms with E-state index >= 15 is 0 Å². The smallest absolute Gasteiger partial charge is 0.255 e. The summed E-state index contributed by atoms with van der Waals surface area (Å²) in [5.74, 6) is 0.0964. The average molecular weight is 248 g/mol. The van der Waals surface area contributed by atoms with Gasteiger partial charge in [-0.2, -0.15) is 0 Å². The van der Waals surface area contributed by atoms with Crippen LogP contribution >= 0.6 is 0 Å². The Kier molecular flexibility index (Phi) is 5.69. The van der Waals surface area contributed by atoms with Gasteiger partial charge in [-0.15, -0.1) is 0 Å². The molecule has 0 atom stereocenters. The maximum absolute atomic E-state index is 12.4. The van der Waals surface area contributed by atoms with Crippen LogP contribution in [0.5, 0.6) is 0 Å². The number of nitrogens with zero attached hydrogens (tertiary/aromatic N) is 1. The Balaban J connectivity index is 2.96. The summed E-state index contributed by atoms with van der Waals surface area (Å²) in [5, 5.41) is 3.32. The van der Waals surface area contributed by atoms with Crippen molar-refractivity contribution in [3.63, 3.8) is 0 Å². The monoisotopic (exact) mass is 248 g/mol. The fraction of sp³-hybridized carbons (Fsp3) is 0.533. The fourth-order valence-electron chi connectivity index (χ4n) is 1.89. The van der Waals surface area contributed by atoms with E-state index in [0.717, 1.165) is 42.7 Å². The van der Waals surface area contributed by atoms with Gasteiger partial charge in [-0.05, 0) is 31.9 Å². The van der Waals surface area contributed by atoms with Gasteiger partial charge in [0.25, 0.3) is 5.91 Å². The Morgan fingerprint density at radius 2 is 2.00 bits per heavy atom. The minimum absolute atomic E-state index is 0.0964. The van der Waals surface area contributed by atoms with Gasteiger partial charge in [-0.25, -0.2) is 0 Å². The molecule has 0 saturated heterocycles. The van der Waals surface area contributed by atoms with E-state index < -0.39 is 0 Å². The van der Waals surface area contributed by atoms with Gasteiger partial charge in [-0.1, -0.05) is 25.5 Å². The molecule has 0 bridgehead atoms. The van der Waals surface area contributed by atoms with E-state index in [2.05, 4.69) is 19.2 Å². The number of carbonyl (C=O) groups is 1. The Morgan fingerprint density at radius 3 is 2.61 bits per heavy atom. The van der Waals surface area contributed by atoms with Crippen molar-refractivity contribution >= 4 is 11.6 Å². The molecule has 1 N–H and O–H groups in total. The molecule has 0 aromatic heterocycles. The van der Waals surface area contributed by atoms with Gasteiger partial charge >= 0.3 is 0 Å². The summed E-state index contributed by atoms with van der Waals surface area (Å²) in [6.07, 6.45) is 2.03. The van der Waals surface area contributed by atoms with Gasteiger partial charge in [0.05, 0.1) is 5.56 Å². The molecule has 1 amide bonds. The summed E-state index contributed by atoms with van der Waals surface area (Å²) in [6.45, 7) is 7.89. The van der Waals surface area contributed by atoms with Gasteiger partial charge in [0.15, 0.2) is 0 Å². The molecule has 18 heavy (non-hydrogen) atoms. The second kappa shape index (κ2) is 7.04. The van der Waals surface area contributed by atoms with Gasteiger partial charge in [0, 0.05) is 25.8 Å². The molecule has 0 aliphatic rings. The predicted octanol–water partition coefficient (Wildman–Crippen LogP) is 3.30. The Bertz CT molecular complexity index is 401. The first-order valence-corrected chi connectivity index (χ1v) is 6.70. The molecule has 3 heteroatoms. The number of aryl methyl sites for hydroxylation is 1. The van der Waals surface area contributed by atoms with Crippen LogP contribution in [0.2, 0.25) is 0 Å². The average Bonchev–Trinajstić information content (AvgIpc) is 2.36. The van der Waals surface area contributed by atoms with Crippen molar-refractivity contribution in [2.45, 2.75) is 33.6 Å². The third-order valence-corrected chi connectivity index (χ3v) is 2.88. The Hall–Kier alpha value is -1.51. The van der Waals surface area contributed by atoms with Crippen molar-refractivity contribution in [1.29, 1.82) is 0 Å². The lowest BCUT2D eigenvalue weighted by atomic mass is 10.1. The number of anilines is 1. The molecular formula is C15H24N2O. The van der Waals surface area contributed by atoms with Crippen molar-refractivity contribution in [2.24, 2.45) is 0 Å². The van der Waals surface area contributed by atoms with Gasteiger partial charge < -0.3 is 10.2 Å². The second-order valence-corrected chi connectivity index (χ2v) is 4.70. The van der Waals surface area contributed by atoms with Crippen LogP contribution in [0.4, 0.5) is 5.69 Å². The number of benzene rings is 1. The summed E-state index contributed by atoms with van der Waals surface area (Å²) in [5.41, 5.74) is 2.83. The minimum atomic E-state index is 0.0964. The van der Waals surface area contributed by atoms with Gasteiger partial charge in [0.1, 0.15) is 0 Å². The molecule has 0 aliphatic carbocycles. The lowest BCUT2D eigenvalue weighted by molar-refractivity contribution is 0.0796. The molecular weight excluding hydrogens is 224 g/mol. The third-order valence-electron chi connectivity index (χ3n) is 2.88. The highest BCUT2D eigenvalue weighted by Gasteiger charge is 2.15. The van der Waals surface area contributed by atoms with Gasteiger partial charge in [-0.3, -0.25) is 4.79 Å². The van der Waals surface area contributed by atoms with E-state index in [-0.39, 0.29) is 5.91 Å². The van der Waals surface area contributed by atoms with Crippen molar-refractivity contribution in [3.8, 4) is 0 Å². The Labute approximate surface area is 110 Å². The normalized spacial score (nSPS) is 10.2. The molecule has 0 saturated carbocycles. The van der Waals surface area contributed by atoms with Crippen LogP contribution in [0.1, 0.15) is 42.6 Å². The van der Waals surface area contributed by atoms with E-state index in [0.29, 0.717) is 0 Å². The highest BCUT2D eigenvalue weighted by molar-refractivity contribution is 5.99. The van der Waals surface area contributed by atoms with E-state index in [4.69, 9.17) is 0 Å². The molecule has 0 unspecified atom stereocenters. The van der Waals surface area contributed by atoms with Crippen LogP contribution in [-0.4, -0.2) is 30.9 Å². The number of rotatable bonds is 6. The van der Waals surface area contributed by atoms with Crippen LogP contribution in [0.25, 0.3) is 0 Å². The fourth-order valence-corrected chi connectivity index (χ4v) is 1.89. The topological polar surface area (TPSA) is 32.3 Å². The molecule has 1 rings (SSSR count). The van der Waals surface area contributed by atoms with E-state index in [1.54, 1.807) is 4.90 Å². The van der Waals surface area contributed by atoms with E-state index in [1.165, 1.54) is 0 Å². The summed E-state index contributed by atoms with van der Waals surface area (Å²) in [7, 11) is 1.86. The number of nitrogens with one attached hydrogen (secondary N) is 1. The zero-order valence-corrected chi connectivity index (χ0v) is 11.9. The molecule has 0 fully saturated rings. The maximum atomic E-state index is 12.4. The van der Waals surface area contributed by atoms with E-state index in [1.807, 2.05) is 32.2 Å². The third kappa shape index (κ3) is 3.76. The molecule has 1 aromatic rings. The highest BCUT2D eigenvalue weighted by Crippen LogP contribution is 2.19. The number of carbonyl (C=O) groups excluding carboxylic acids is 1. The molecule has 100 valence electrons. The predicted molar refractivity (Wildman–Crippen MR) is 77.2 cm³/mol.